The number of aromatic nitrogens is 8. The summed E-state index contributed by atoms with van der Waals surface area (Å²) >= 11 is 0. The van der Waals surface area contributed by atoms with Crippen molar-refractivity contribution in [1.82, 2.24) is 39.9 Å². The first-order valence-electron chi connectivity index (χ1n) is 50.8. The summed E-state index contributed by atoms with van der Waals surface area (Å²) in [5.74, 6) is 2.30. The average molecular weight is 1840 g/mol. The molecule has 0 unspecified atom stereocenters. The van der Waals surface area contributed by atoms with E-state index in [1.807, 2.05) is 194 Å². The molecule has 23 nitrogen and oxygen atoms in total. The lowest BCUT2D eigenvalue weighted by atomic mass is 10.1. The van der Waals surface area contributed by atoms with Gasteiger partial charge in [-0.2, -0.15) is 0 Å². The van der Waals surface area contributed by atoms with Gasteiger partial charge in [-0.15, -0.1) is 0 Å². The molecule has 5 atom stereocenters. The molecule has 23 heteroatoms. The van der Waals surface area contributed by atoms with E-state index in [0.717, 1.165) is 207 Å². The minimum absolute atomic E-state index is 0.0212. The molecule has 20 aromatic rings. The molecule has 5 aliphatic heterocycles. The number of anilines is 15. The number of furan rings is 5. The zero-order valence-corrected chi connectivity index (χ0v) is 82.3. The molecular formula is C115H118N18O5. The Bertz CT molecular complexity index is 7430. The first-order valence-corrected chi connectivity index (χ1v) is 47.3. The molecule has 0 amide bonds. The van der Waals surface area contributed by atoms with Crippen LogP contribution in [-0.4, -0.2) is 102 Å². The van der Waals surface area contributed by atoms with Crippen LogP contribution in [0.25, 0.3) is 110 Å². The zero-order valence-electron chi connectivity index (χ0n) is 89.3. The van der Waals surface area contributed by atoms with E-state index in [2.05, 4.69) is 234 Å². The summed E-state index contributed by atoms with van der Waals surface area (Å²) in [5.41, 5.74) is 29.0. The molecule has 0 radical (unpaired) electrons. The molecule has 138 heavy (non-hydrogen) atoms. The van der Waals surface area contributed by atoms with Crippen LogP contribution in [0.4, 0.5) is 85.7 Å². The zero-order chi connectivity index (χ0) is 102. The van der Waals surface area contributed by atoms with E-state index in [0.29, 0.717) is 45.7 Å². The lowest BCUT2D eigenvalue weighted by molar-refractivity contribution is 0.601. The first-order chi connectivity index (χ1) is 68.8. The molecule has 13 aromatic heterocycles. The fourth-order valence-corrected chi connectivity index (χ4v) is 21.5. The number of hydrogen-bond acceptors (Lipinski definition) is 23. The Morgan fingerprint density at radius 3 is 0.732 bits per heavy atom. The van der Waals surface area contributed by atoms with Crippen LogP contribution < -0.4 is 49.0 Å². The molecule has 0 spiro atoms. The summed E-state index contributed by atoms with van der Waals surface area (Å²) in [6.07, 6.45) is 4.62. The van der Waals surface area contributed by atoms with Gasteiger partial charge >= 0.3 is 0 Å². The molecule has 5 aliphatic rings. The van der Waals surface area contributed by atoms with Crippen LogP contribution in [0.1, 0.15) is 156 Å². The number of fused-ring (bicyclic) bond motifs is 20. The van der Waals surface area contributed by atoms with Crippen LogP contribution in [0.3, 0.4) is 0 Å². The second kappa shape index (κ2) is 34.5. The van der Waals surface area contributed by atoms with Crippen LogP contribution in [0.5, 0.6) is 0 Å². The summed E-state index contributed by atoms with van der Waals surface area (Å²) in [5, 5.41) is 10.2. The number of rotatable bonds is 9. The average Bonchev–Trinajstić information content (AvgIpc) is 1.58. The molecule has 0 saturated carbocycles. The van der Waals surface area contributed by atoms with Gasteiger partial charge in [0, 0.05) is 136 Å². The predicted octanol–water partition coefficient (Wildman–Crippen LogP) is 29.0. The molecule has 0 bridgehead atoms. The van der Waals surface area contributed by atoms with Gasteiger partial charge in [-0.1, -0.05) is 84.9 Å². The van der Waals surface area contributed by atoms with Crippen LogP contribution in [0.2, 0.25) is 0 Å². The normalized spacial score (nSPS) is 17.7. The number of nitrogens with zero attached hydrogens (tertiary/aromatic N) is 18. The summed E-state index contributed by atoms with van der Waals surface area (Å²) in [7, 11) is 0. The lowest BCUT2D eigenvalue weighted by Gasteiger charge is -2.33. The smallest absolute Gasteiger partial charge is 0.227 e. The highest BCUT2D eigenvalue weighted by Crippen LogP contribution is 2.56. The predicted molar refractivity (Wildman–Crippen MR) is 567 cm³/mol. The third kappa shape index (κ3) is 14.5. The van der Waals surface area contributed by atoms with Gasteiger partial charge in [0.25, 0.3) is 0 Å². The van der Waals surface area contributed by atoms with E-state index in [1.54, 1.807) is 30.7 Å². The van der Waals surface area contributed by atoms with Crippen LogP contribution in [0, 0.1) is 69.2 Å². The molecule has 698 valence electrons. The minimum Gasteiger partial charge on any atom is -0.435 e. The van der Waals surface area contributed by atoms with E-state index >= 15 is 0 Å². The maximum Gasteiger partial charge on any atom is 0.227 e. The second-order valence-electron chi connectivity index (χ2n) is 37.7. The molecule has 0 N–H and O–H groups in total. The van der Waals surface area contributed by atoms with Crippen molar-refractivity contribution in [2.24, 2.45) is 0 Å². The Hall–Kier alpha value is -15.3. The number of para-hydroxylation sites is 4. The lowest BCUT2D eigenvalue weighted by Crippen LogP contribution is -2.42. The fraction of sp³-hybridized carbons (Fsp3) is 0.287. The third-order valence-corrected chi connectivity index (χ3v) is 27.5. The standard InChI is InChI=1S/2C24H25N3O.2C23H24N4O.C21H20N4O/c2*1-14(2)26-17(5)27(21-9-7-6-8-20(21)26)22-15(3)10-12-18-19-13-11-16(4)25-24(19)28-23(18)22;2*1-13(2)26-16(5)27(22-19(26)7-6-12-24-22)20-14(3)8-10-17-18-11-9-15(4)25-23(18)28-21(17)20;1-12-7-9-15-16-10-8-13(2)23-21(16)26-19(15)18(12)25-14(3)24(4)17-6-5-11-22-20(17)25/h2*6-14,17H,1-5H3;2*6-13,16H,1-5H3;5-11,14H,1-4H3/t2*17-;2*16-;14-/m00000/s1/i2*14D;2*13D;4D3. The largest absolute Gasteiger partial charge is 0.435 e. The quantitative estimate of drug-likeness (QED) is 0.132. The van der Waals surface area contributed by atoms with Crippen molar-refractivity contribution >= 4 is 196 Å². The highest BCUT2D eigenvalue weighted by molar-refractivity contribution is 6.15. The maximum atomic E-state index is 8.74. The van der Waals surface area contributed by atoms with Crippen LogP contribution in [0.15, 0.2) is 247 Å². The summed E-state index contributed by atoms with van der Waals surface area (Å²) in [6, 6.07) is 66.4. The maximum absolute atomic E-state index is 8.74. The van der Waals surface area contributed by atoms with Crippen molar-refractivity contribution in [3.63, 3.8) is 0 Å². The molecule has 25 rings (SSSR count). The third-order valence-electron chi connectivity index (χ3n) is 27.5. The Labute approximate surface area is 814 Å². The molecule has 18 heterocycles. The van der Waals surface area contributed by atoms with Crippen LogP contribution in [-0.2, 0) is 0 Å². The first kappa shape index (κ1) is 81.1. The highest BCUT2D eigenvalue weighted by Gasteiger charge is 2.44. The number of benzene rings is 7. The Morgan fingerprint density at radius 1 is 0.246 bits per heavy atom. The molecule has 0 saturated heterocycles. The van der Waals surface area contributed by atoms with Gasteiger partial charge in [-0.05, 0) is 308 Å². The van der Waals surface area contributed by atoms with E-state index < -0.39 is 37.2 Å². The van der Waals surface area contributed by atoms with Gasteiger partial charge in [0.2, 0.25) is 28.6 Å². The number of pyridine rings is 8. The van der Waals surface area contributed by atoms with Crippen molar-refractivity contribution in [2.45, 2.75) is 214 Å². The van der Waals surface area contributed by atoms with E-state index in [-0.39, 0.29) is 24.7 Å². The summed E-state index contributed by atoms with van der Waals surface area (Å²) < 4.78 is 90.5. The molecule has 0 aliphatic carbocycles. The van der Waals surface area contributed by atoms with Gasteiger partial charge in [-0.3, -0.25) is 0 Å². The monoisotopic (exact) mass is 1840 g/mol. The van der Waals surface area contributed by atoms with E-state index in [1.165, 1.54) is 4.90 Å². The summed E-state index contributed by atoms with van der Waals surface area (Å²) in [4.78, 5) is 57.7. The summed E-state index contributed by atoms with van der Waals surface area (Å²) in [6.45, 7) is 43.7. The van der Waals surface area contributed by atoms with Crippen molar-refractivity contribution in [1.29, 1.82) is 0 Å². The Morgan fingerprint density at radius 2 is 0.464 bits per heavy atom. The Balaban J connectivity index is 0.000000107. The van der Waals surface area contributed by atoms with Crippen molar-refractivity contribution in [2.75, 3.05) is 56.0 Å². The van der Waals surface area contributed by atoms with Crippen molar-refractivity contribution in [3.8, 4) is 0 Å². The minimum atomic E-state index is -2.29. The van der Waals surface area contributed by atoms with Crippen molar-refractivity contribution < 1.29 is 31.7 Å². The van der Waals surface area contributed by atoms with Gasteiger partial charge in [-0.25, -0.2) is 39.9 Å². The van der Waals surface area contributed by atoms with Gasteiger partial charge in [0.1, 0.15) is 30.8 Å². The van der Waals surface area contributed by atoms with E-state index in [9.17, 15) is 0 Å². The molecular weight excluding hydrogens is 1710 g/mol. The second-order valence-corrected chi connectivity index (χ2v) is 37.7. The highest BCUT2D eigenvalue weighted by atomic mass is 16.4. The van der Waals surface area contributed by atoms with E-state index in [4.69, 9.17) is 41.6 Å². The fourth-order valence-electron chi connectivity index (χ4n) is 21.5. The topological polar surface area (TPSA) is 201 Å². The number of aryl methyl sites for hydroxylation is 10. The van der Waals surface area contributed by atoms with Crippen molar-refractivity contribution in [3.05, 3.63) is 281 Å². The molecule has 0 fully saturated rings. The van der Waals surface area contributed by atoms with Gasteiger partial charge in [0.15, 0.2) is 45.4 Å². The van der Waals surface area contributed by atoms with Gasteiger partial charge < -0.3 is 71.1 Å². The molecule has 7 aromatic carbocycles. The van der Waals surface area contributed by atoms with Gasteiger partial charge in [0.05, 0.1) is 73.7 Å². The SMILES string of the molecule is [2H]C(C)(C)N1c2ccccc2N(c2c(C)ccc3c2oc2nc(C)ccc23)[C@H]1C.[2H]C(C)(C)N1c2ccccc2N(c2c(C)ccc3c2oc2nc(C)ccc23)[C@H]1C.[2H]C(C)(C)N1c2cccnc2N(c2c(C)ccc3c2oc2nc(C)ccc23)[C@H]1C.[2H]C(C)(C)N1c2cccnc2N(c2c(C)ccc3c2oc2nc(C)ccc23)[C@H]1C.[2H]C([2H])([2H])N1c2cccnc2N(c2c(C)ccc3c2oc2nc(C)ccc23)[C@H]1C. The number of hydrogen-bond donors (Lipinski definition) is 0. The van der Waals surface area contributed by atoms with Crippen LogP contribution >= 0.6 is 0 Å². The Kier molecular flexibility index (Phi) is 20.3.